The van der Waals surface area contributed by atoms with Crippen LogP contribution < -0.4 is 0 Å². The highest BCUT2D eigenvalue weighted by atomic mass is 32.2. The minimum Gasteiger partial charge on any atom is -0.380 e. The van der Waals surface area contributed by atoms with Crippen LogP contribution in [0.1, 0.15) is 18.9 Å². The van der Waals surface area contributed by atoms with Gasteiger partial charge in [0.05, 0.1) is 11.5 Å². The first-order valence-corrected chi connectivity index (χ1v) is 9.92. The van der Waals surface area contributed by atoms with Crippen molar-refractivity contribution in [3.8, 4) is 0 Å². The lowest BCUT2D eigenvalue weighted by Gasteiger charge is -2.42. The van der Waals surface area contributed by atoms with E-state index in [1.165, 1.54) is 0 Å². The average molecular weight is 327 g/mol. The molecule has 2 saturated heterocycles. The number of fused-ring (bicyclic) bond motifs is 1. The van der Waals surface area contributed by atoms with Crippen LogP contribution in [-0.4, -0.2) is 49.5 Å². The normalized spacial score (nSPS) is 27.3. The van der Waals surface area contributed by atoms with E-state index in [0.29, 0.717) is 24.7 Å². The summed E-state index contributed by atoms with van der Waals surface area (Å²) in [5, 5.41) is 0.275. The van der Waals surface area contributed by atoms with Gasteiger partial charge in [-0.1, -0.05) is 19.1 Å². The lowest BCUT2D eigenvalue weighted by molar-refractivity contribution is 0.0625. The van der Waals surface area contributed by atoms with Crippen molar-refractivity contribution < 1.29 is 13.2 Å². The van der Waals surface area contributed by atoms with Gasteiger partial charge in [-0.3, -0.25) is 0 Å². The molecule has 0 unspecified atom stereocenters. The molecule has 0 bridgehead atoms. The Morgan fingerprint density at radius 3 is 3.10 bits per heavy atom. The van der Waals surface area contributed by atoms with Gasteiger partial charge in [0.1, 0.15) is 0 Å². The van der Waals surface area contributed by atoms with Crippen LogP contribution in [0.2, 0.25) is 0 Å². The summed E-state index contributed by atoms with van der Waals surface area (Å²) < 4.78 is 33.2. The molecular formula is C15H21NO3S2. The standard InChI is InChI=1S/C15H21NO3S2/c1-2-12-4-3-5-13(10-12)21(17,18)16-7-9-20-15-11-19-8-6-14(15)16/h3-5,10,14-15H,2,6-9,11H2,1H3/t14-,15-/m1/s1. The molecule has 116 valence electrons. The van der Waals surface area contributed by atoms with Crippen LogP contribution in [0, 0.1) is 0 Å². The maximum Gasteiger partial charge on any atom is 0.243 e. The van der Waals surface area contributed by atoms with Crippen LogP contribution in [0.3, 0.4) is 0 Å². The Labute approximate surface area is 130 Å². The van der Waals surface area contributed by atoms with Gasteiger partial charge >= 0.3 is 0 Å². The fourth-order valence-electron chi connectivity index (χ4n) is 3.01. The van der Waals surface area contributed by atoms with E-state index in [1.807, 2.05) is 36.9 Å². The Hall–Kier alpha value is -0.560. The second-order valence-electron chi connectivity index (χ2n) is 5.46. The highest BCUT2D eigenvalue weighted by Crippen LogP contribution is 2.34. The fourth-order valence-corrected chi connectivity index (χ4v) is 6.27. The SMILES string of the molecule is CCc1cccc(S(=O)(=O)N2CCS[C@@H]3COCC[C@H]32)c1. The highest BCUT2D eigenvalue weighted by Gasteiger charge is 2.40. The van der Waals surface area contributed by atoms with Crippen molar-refractivity contribution in [1.29, 1.82) is 0 Å². The number of ether oxygens (including phenoxy) is 1. The molecule has 0 amide bonds. The second-order valence-corrected chi connectivity index (χ2v) is 8.69. The number of hydrogen-bond acceptors (Lipinski definition) is 4. The molecule has 0 aromatic heterocycles. The van der Waals surface area contributed by atoms with E-state index in [2.05, 4.69) is 0 Å². The van der Waals surface area contributed by atoms with Crippen LogP contribution in [0.15, 0.2) is 29.2 Å². The van der Waals surface area contributed by atoms with E-state index < -0.39 is 10.0 Å². The number of nitrogens with zero attached hydrogens (tertiary/aromatic N) is 1. The molecule has 0 N–H and O–H groups in total. The average Bonchev–Trinajstić information content (AvgIpc) is 2.54. The van der Waals surface area contributed by atoms with E-state index >= 15 is 0 Å². The summed E-state index contributed by atoms with van der Waals surface area (Å²) >= 11 is 1.84. The van der Waals surface area contributed by atoms with E-state index in [9.17, 15) is 8.42 Å². The van der Waals surface area contributed by atoms with E-state index in [4.69, 9.17) is 4.74 Å². The second kappa shape index (κ2) is 6.28. The molecule has 2 heterocycles. The first kappa shape index (κ1) is 15.3. The Bertz CT molecular complexity index is 601. The predicted octanol–water partition coefficient (Wildman–Crippen LogP) is 2.14. The van der Waals surface area contributed by atoms with Gasteiger partial charge in [0.2, 0.25) is 10.0 Å². The summed E-state index contributed by atoms with van der Waals surface area (Å²) in [4.78, 5) is 0.430. The molecule has 6 heteroatoms. The number of hydrogen-bond donors (Lipinski definition) is 0. The number of thioether (sulfide) groups is 1. The van der Waals surface area contributed by atoms with Crippen molar-refractivity contribution in [2.24, 2.45) is 0 Å². The summed E-state index contributed by atoms with van der Waals surface area (Å²) in [7, 11) is -3.40. The summed E-state index contributed by atoms with van der Waals surface area (Å²) in [6, 6.07) is 7.41. The van der Waals surface area contributed by atoms with Crippen molar-refractivity contribution in [1.82, 2.24) is 4.31 Å². The molecule has 21 heavy (non-hydrogen) atoms. The molecule has 0 aliphatic carbocycles. The Kier molecular flexibility index (Phi) is 4.59. The third-order valence-corrected chi connectivity index (χ3v) is 7.41. The van der Waals surface area contributed by atoms with Crippen LogP contribution in [-0.2, 0) is 21.2 Å². The van der Waals surface area contributed by atoms with E-state index in [1.54, 1.807) is 10.4 Å². The van der Waals surface area contributed by atoms with Crippen molar-refractivity contribution in [3.05, 3.63) is 29.8 Å². The maximum atomic E-state index is 13.0. The third kappa shape index (κ3) is 2.99. The van der Waals surface area contributed by atoms with Crippen LogP contribution in [0.25, 0.3) is 0 Å². The van der Waals surface area contributed by atoms with Crippen molar-refractivity contribution in [2.75, 3.05) is 25.5 Å². The summed E-state index contributed by atoms with van der Waals surface area (Å²) in [6.45, 7) is 3.96. The van der Waals surface area contributed by atoms with Gasteiger partial charge in [-0.25, -0.2) is 8.42 Å². The zero-order valence-electron chi connectivity index (χ0n) is 12.2. The lowest BCUT2D eigenvalue weighted by Crippen LogP contribution is -2.54. The van der Waals surface area contributed by atoms with Crippen molar-refractivity contribution in [3.63, 3.8) is 0 Å². The zero-order chi connectivity index (χ0) is 14.9. The van der Waals surface area contributed by atoms with E-state index in [0.717, 1.165) is 24.2 Å². The Morgan fingerprint density at radius 1 is 1.43 bits per heavy atom. The van der Waals surface area contributed by atoms with Crippen molar-refractivity contribution >= 4 is 21.8 Å². The number of rotatable bonds is 3. The van der Waals surface area contributed by atoms with Crippen LogP contribution >= 0.6 is 11.8 Å². The topological polar surface area (TPSA) is 46.6 Å². The molecule has 1 aromatic rings. The first-order valence-electron chi connectivity index (χ1n) is 7.43. The van der Waals surface area contributed by atoms with Gasteiger partial charge in [0.25, 0.3) is 0 Å². The minimum absolute atomic E-state index is 0.0767. The fraction of sp³-hybridized carbons (Fsp3) is 0.600. The van der Waals surface area contributed by atoms with Crippen molar-refractivity contribution in [2.45, 2.75) is 36.0 Å². The molecule has 0 spiro atoms. The summed E-state index contributed by atoms with van der Waals surface area (Å²) in [6.07, 6.45) is 1.64. The Balaban J connectivity index is 1.92. The zero-order valence-corrected chi connectivity index (χ0v) is 13.8. The molecule has 3 rings (SSSR count). The molecule has 1 aromatic carbocycles. The molecule has 2 aliphatic heterocycles. The van der Waals surface area contributed by atoms with Gasteiger partial charge in [-0.05, 0) is 30.5 Å². The predicted molar refractivity (Wildman–Crippen MR) is 85.2 cm³/mol. The monoisotopic (exact) mass is 327 g/mol. The number of aryl methyl sites for hydroxylation is 1. The molecule has 2 fully saturated rings. The summed E-state index contributed by atoms with van der Waals surface area (Å²) in [5.41, 5.74) is 1.06. The van der Waals surface area contributed by atoms with Gasteiger partial charge in [-0.2, -0.15) is 16.1 Å². The lowest BCUT2D eigenvalue weighted by atomic mass is 10.1. The smallest absolute Gasteiger partial charge is 0.243 e. The molecule has 2 atom stereocenters. The van der Waals surface area contributed by atoms with Crippen LogP contribution in [0.5, 0.6) is 0 Å². The van der Waals surface area contributed by atoms with Gasteiger partial charge in [-0.15, -0.1) is 0 Å². The summed E-state index contributed by atoms with van der Waals surface area (Å²) in [5.74, 6) is 0.844. The maximum absolute atomic E-state index is 13.0. The molecule has 0 radical (unpaired) electrons. The van der Waals surface area contributed by atoms with Crippen LogP contribution in [0.4, 0.5) is 0 Å². The first-order chi connectivity index (χ1) is 10.1. The molecular weight excluding hydrogens is 306 g/mol. The van der Waals surface area contributed by atoms with Gasteiger partial charge in [0.15, 0.2) is 0 Å². The van der Waals surface area contributed by atoms with Gasteiger partial charge < -0.3 is 4.74 Å². The largest absolute Gasteiger partial charge is 0.380 e. The van der Waals surface area contributed by atoms with E-state index in [-0.39, 0.29) is 11.3 Å². The third-order valence-electron chi connectivity index (χ3n) is 4.20. The minimum atomic E-state index is -3.40. The quantitative estimate of drug-likeness (QED) is 0.853. The highest BCUT2D eigenvalue weighted by molar-refractivity contribution is 8.00. The molecule has 4 nitrogen and oxygen atoms in total. The molecule has 0 saturated carbocycles. The van der Waals surface area contributed by atoms with Gasteiger partial charge in [0, 0.05) is 30.2 Å². The number of sulfonamides is 1. The Morgan fingerprint density at radius 2 is 2.29 bits per heavy atom. The molecule has 2 aliphatic rings. The number of benzene rings is 1.